The molecule has 0 saturated carbocycles. The monoisotopic (exact) mass is 430 g/mol. The van der Waals surface area contributed by atoms with Crippen LogP contribution in [0, 0.1) is 5.92 Å². The van der Waals surface area contributed by atoms with Crippen molar-refractivity contribution in [3.63, 3.8) is 0 Å². The lowest BCUT2D eigenvalue weighted by Crippen LogP contribution is -2.35. The van der Waals surface area contributed by atoms with Gasteiger partial charge in [0, 0.05) is 13.1 Å². The number of hydrogen-bond acceptors (Lipinski definition) is 7. The molecule has 0 bridgehead atoms. The Hall–Kier alpha value is -3.39. The van der Waals surface area contributed by atoms with Crippen molar-refractivity contribution >= 4 is 40.2 Å². The van der Waals surface area contributed by atoms with Gasteiger partial charge in [0.2, 0.25) is 0 Å². The van der Waals surface area contributed by atoms with Gasteiger partial charge in [0.15, 0.2) is 11.5 Å². The summed E-state index contributed by atoms with van der Waals surface area (Å²) in [6.07, 6.45) is 3.38. The van der Waals surface area contributed by atoms with E-state index >= 15 is 0 Å². The number of hydrogen-bond donors (Lipinski definition) is 1. The Kier molecular flexibility index (Phi) is 5.54. The summed E-state index contributed by atoms with van der Waals surface area (Å²) in [5.41, 5.74) is 3.76. The molecular formula is C23H22N6OS. The molecular weight excluding hydrogens is 408 g/mol. The first kappa shape index (κ1) is 19.6. The highest BCUT2D eigenvalue weighted by Gasteiger charge is 2.21. The zero-order valence-electron chi connectivity index (χ0n) is 16.9. The number of rotatable bonds is 5. The predicted molar refractivity (Wildman–Crippen MR) is 122 cm³/mol. The summed E-state index contributed by atoms with van der Waals surface area (Å²) < 4.78 is 8.44. The molecule has 31 heavy (non-hydrogen) atoms. The quantitative estimate of drug-likeness (QED) is 0.511. The SMILES string of the molecule is O=C(Nc1cccc2nsnc12)c1ccc(N2CCC(Cc3ccccc3)CC2)nn1. The fourth-order valence-electron chi connectivity index (χ4n) is 4.02. The highest BCUT2D eigenvalue weighted by Crippen LogP contribution is 2.25. The van der Waals surface area contributed by atoms with Gasteiger partial charge in [0.05, 0.1) is 17.4 Å². The van der Waals surface area contributed by atoms with Gasteiger partial charge in [-0.05, 0) is 55.0 Å². The molecule has 0 radical (unpaired) electrons. The van der Waals surface area contributed by atoms with E-state index in [1.165, 1.54) is 5.56 Å². The molecule has 1 fully saturated rings. The highest BCUT2D eigenvalue weighted by atomic mass is 32.1. The van der Waals surface area contributed by atoms with Crippen LogP contribution in [0.15, 0.2) is 60.7 Å². The number of anilines is 2. The van der Waals surface area contributed by atoms with E-state index in [4.69, 9.17) is 0 Å². The van der Waals surface area contributed by atoms with Crippen LogP contribution in [0.3, 0.4) is 0 Å². The first-order valence-corrected chi connectivity index (χ1v) is 11.1. The second kappa shape index (κ2) is 8.77. The maximum Gasteiger partial charge on any atom is 0.276 e. The van der Waals surface area contributed by atoms with Crippen molar-refractivity contribution in [1.82, 2.24) is 18.9 Å². The van der Waals surface area contributed by atoms with Crippen molar-refractivity contribution in [2.24, 2.45) is 5.92 Å². The van der Waals surface area contributed by atoms with Crippen molar-refractivity contribution in [3.05, 3.63) is 71.9 Å². The maximum atomic E-state index is 12.6. The van der Waals surface area contributed by atoms with Crippen LogP contribution in [0.5, 0.6) is 0 Å². The van der Waals surface area contributed by atoms with E-state index in [0.29, 0.717) is 17.1 Å². The number of nitrogens with one attached hydrogen (secondary N) is 1. The van der Waals surface area contributed by atoms with E-state index in [1.807, 2.05) is 24.3 Å². The van der Waals surface area contributed by atoms with Gasteiger partial charge in [-0.1, -0.05) is 36.4 Å². The zero-order valence-corrected chi connectivity index (χ0v) is 17.8. The van der Waals surface area contributed by atoms with E-state index < -0.39 is 0 Å². The molecule has 1 aliphatic heterocycles. The number of aromatic nitrogens is 4. The largest absolute Gasteiger partial charge is 0.355 e. The van der Waals surface area contributed by atoms with E-state index in [0.717, 1.165) is 55.4 Å². The number of piperidine rings is 1. The summed E-state index contributed by atoms with van der Waals surface area (Å²) in [5.74, 6) is 1.21. The maximum absolute atomic E-state index is 12.6. The van der Waals surface area contributed by atoms with Crippen LogP contribution in [-0.2, 0) is 6.42 Å². The number of fused-ring (bicyclic) bond motifs is 1. The van der Waals surface area contributed by atoms with Crippen LogP contribution < -0.4 is 10.2 Å². The van der Waals surface area contributed by atoms with E-state index in [2.05, 4.69) is 59.5 Å². The molecule has 1 amide bonds. The number of benzene rings is 2. The Balaban J connectivity index is 1.19. The Morgan fingerprint density at radius 1 is 0.968 bits per heavy atom. The molecule has 1 saturated heterocycles. The van der Waals surface area contributed by atoms with Crippen molar-refractivity contribution in [2.75, 3.05) is 23.3 Å². The van der Waals surface area contributed by atoms with Crippen molar-refractivity contribution in [3.8, 4) is 0 Å². The van der Waals surface area contributed by atoms with Gasteiger partial charge in [-0.3, -0.25) is 4.79 Å². The van der Waals surface area contributed by atoms with Crippen molar-refractivity contribution in [1.29, 1.82) is 0 Å². The van der Waals surface area contributed by atoms with Crippen molar-refractivity contribution < 1.29 is 4.79 Å². The second-order valence-electron chi connectivity index (χ2n) is 7.79. The van der Waals surface area contributed by atoms with Gasteiger partial charge in [-0.25, -0.2) is 0 Å². The van der Waals surface area contributed by atoms with Gasteiger partial charge >= 0.3 is 0 Å². The van der Waals surface area contributed by atoms with Crippen LogP contribution in [0.2, 0.25) is 0 Å². The summed E-state index contributed by atoms with van der Waals surface area (Å²) in [6.45, 7) is 1.91. The number of carbonyl (C=O) groups is 1. The Morgan fingerprint density at radius 2 is 1.81 bits per heavy atom. The average molecular weight is 431 g/mol. The standard InChI is InChI=1S/C23H22N6OS/c30-23(24-18-7-4-8-19-22(18)28-31-27-19)20-9-10-21(26-25-20)29-13-11-17(12-14-29)15-16-5-2-1-3-6-16/h1-10,17H,11-15H2,(H,24,30). The summed E-state index contributed by atoms with van der Waals surface area (Å²) in [5, 5.41) is 11.3. The van der Waals surface area contributed by atoms with Crippen LogP contribution >= 0.6 is 11.7 Å². The zero-order chi connectivity index (χ0) is 21.0. The molecule has 4 aromatic rings. The molecule has 0 unspecified atom stereocenters. The fraction of sp³-hybridized carbons (Fsp3) is 0.261. The van der Waals surface area contributed by atoms with E-state index in [9.17, 15) is 4.79 Å². The van der Waals surface area contributed by atoms with Crippen LogP contribution in [-0.4, -0.2) is 37.9 Å². The molecule has 156 valence electrons. The minimum absolute atomic E-state index is 0.280. The molecule has 0 spiro atoms. The lowest BCUT2D eigenvalue weighted by molar-refractivity contribution is 0.102. The molecule has 0 aliphatic carbocycles. The Labute approximate surface area is 184 Å². The van der Waals surface area contributed by atoms with Gasteiger partial charge in [0.1, 0.15) is 11.0 Å². The average Bonchev–Trinajstić information content (AvgIpc) is 3.30. The third-order valence-corrected chi connectivity index (χ3v) is 6.27. The molecule has 5 rings (SSSR count). The lowest BCUT2D eigenvalue weighted by atomic mass is 9.90. The Bertz CT molecular complexity index is 1170. The Morgan fingerprint density at radius 3 is 2.58 bits per heavy atom. The molecule has 1 N–H and O–H groups in total. The van der Waals surface area contributed by atoms with Crippen molar-refractivity contribution in [2.45, 2.75) is 19.3 Å². The van der Waals surface area contributed by atoms with E-state index in [1.54, 1.807) is 6.07 Å². The summed E-state index contributed by atoms with van der Waals surface area (Å²) in [7, 11) is 0. The normalized spacial score (nSPS) is 14.6. The third kappa shape index (κ3) is 4.39. The molecule has 8 heteroatoms. The molecule has 2 aromatic carbocycles. The number of carbonyl (C=O) groups excluding carboxylic acids is 1. The van der Waals surface area contributed by atoms with Crippen LogP contribution in [0.4, 0.5) is 11.5 Å². The van der Waals surface area contributed by atoms with Gasteiger partial charge in [0.25, 0.3) is 5.91 Å². The molecule has 2 aromatic heterocycles. The summed E-state index contributed by atoms with van der Waals surface area (Å²) in [4.78, 5) is 14.9. The topological polar surface area (TPSA) is 83.9 Å². The second-order valence-corrected chi connectivity index (χ2v) is 8.32. The van der Waals surface area contributed by atoms with Gasteiger partial charge in [-0.15, -0.1) is 10.2 Å². The predicted octanol–water partition coefficient (Wildman–Crippen LogP) is 4.19. The minimum Gasteiger partial charge on any atom is -0.355 e. The van der Waals surface area contributed by atoms with E-state index in [-0.39, 0.29) is 11.6 Å². The molecule has 1 aliphatic rings. The highest BCUT2D eigenvalue weighted by molar-refractivity contribution is 7.00. The first-order chi connectivity index (χ1) is 15.3. The fourth-order valence-corrected chi connectivity index (χ4v) is 4.57. The van der Waals surface area contributed by atoms with Gasteiger partial charge in [-0.2, -0.15) is 8.75 Å². The molecule has 3 heterocycles. The lowest BCUT2D eigenvalue weighted by Gasteiger charge is -2.32. The van der Waals surface area contributed by atoms with Crippen LogP contribution in [0.25, 0.3) is 11.0 Å². The minimum atomic E-state index is -0.305. The van der Waals surface area contributed by atoms with Gasteiger partial charge < -0.3 is 10.2 Å². The van der Waals surface area contributed by atoms with Crippen LogP contribution in [0.1, 0.15) is 28.9 Å². The number of amides is 1. The third-order valence-electron chi connectivity index (χ3n) is 5.72. The number of nitrogens with zero attached hydrogens (tertiary/aromatic N) is 5. The smallest absolute Gasteiger partial charge is 0.276 e. The summed E-state index contributed by atoms with van der Waals surface area (Å²) >= 11 is 1.12. The molecule has 7 nitrogen and oxygen atoms in total. The first-order valence-electron chi connectivity index (χ1n) is 10.4. The molecule has 0 atom stereocenters. The summed E-state index contributed by atoms with van der Waals surface area (Å²) in [6, 6.07) is 19.8.